The fourth-order valence-corrected chi connectivity index (χ4v) is 7.88. The average Bonchev–Trinajstić information content (AvgIpc) is 3.55. The van der Waals surface area contributed by atoms with Crippen LogP contribution in [0, 0.1) is 0 Å². The molecule has 0 atom stereocenters. The number of hydrogen-bond donors (Lipinski definition) is 0. The van der Waals surface area contributed by atoms with Gasteiger partial charge in [0, 0.05) is 22.3 Å². The van der Waals surface area contributed by atoms with Crippen LogP contribution in [-0.4, -0.2) is 35.2 Å². The molecule has 0 radical (unpaired) electrons. The SMILES string of the molecule is COc1ccc(/C=C/c2ccc3c4c(c(/C=C/c5ccc(OC)cc5)cc3c2)OCOc2c(/C=C/c3ccc(OC)cc3)cc3cc(/C=C/c5ccc(OC)cc5)ccc3c2-4)cc1. The maximum atomic E-state index is 6.69. The Kier molecular flexibility index (Phi) is 11.8. The van der Waals surface area contributed by atoms with E-state index in [-0.39, 0.29) is 6.79 Å². The van der Waals surface area contributed by atoms with Crippen LogP contribution >= 0.6 is 0 Å². The van der Waals surface area contributed by atoms with Crippen molar-refractivity contribution in [1.82, 2.24) is 0 Å². The van der Waals surface area contributed by atoms with Gasteiger partial charge in [0.2, 0.25) is 6.79 Å². The molecule has 1 heterocycles. The van der Waals surface area contributed by atoms with E-state index in [0.717, 1.165) is 112 Å². The molecule has 0 aromatic heterocycles. The first-order valence-electron chi connectivity index (χ1n) is 20.7. The summed E-state index contributed by atoms with van der Waals surface area (Å²) in [7, 11) is 6.72. The van der Waals surface area contributed by atoms with Gasteiger partial charge in [0.1, 0.15) is 34.5 Å². The summed E-state index contributed by atoms with van der Waals surface area (Å²) in [6.07, 6.45) is 17.0. The van der Waals surface area contributed by atoms with Gasteiger partial charge in [-0.25, -0.2) is 0 Å². The lowest BCUT2D eigenvalue weighted by atomic mass is 9.87. The molecule has 0 saturated carbocycles. The summed E-state index contributed by atoms with van der Waals surface area (Å²) < 4.78 is 35.0. The Hall–Kier alpha value is -7.96. The number of rotatable bonds is 12. The molecule has 0 N–H and O–H groups in total. The molecule has 0 saturated heterocycles. The monoisotopic (exact) mass is 826 g/mol. The van der Waals surface area contributed by atoms with Crippen LogP contribution in [0.25, 0.3) is 81.3 Å². The Morgan fingerprint density at radius 3 is 0.937 bits per heavy atom. The predicted molar refractivity (Wildman–Crippen MR) is 261 cm³/mol. The normalized spacial score (nSPS) is 12.4. The topological polar surface area (TPSA) is 55.4 Å². The minimum absolute atomic E-state index is 0.0368. The van der Waals surface area contributed by atoms with Crippen LogP contribution in [0.2, 0.25) is 0 Å². The molecular formula is C57H46O6. The summed E-state index contributed by atoms with van der Waals surface area (Å²) in [6, 6.07) is 49.8. The predicted octanol–water partition coefficient (Wildman–Crippen LogP) is 14.1. The first kappa shape index (κ1) is 40.4. The minimum atomic E-state index is 0.0368. The van der Waals surface area contributed by atoms with E-state index < -0.39 is 0 Å². The number of ether oxygens (including phenoxy) is 6. The summed E-state index contributed by atoms with van der Waals surface area (Å²) in [5.41, 5.74) is 10.2. The van der Waals surface area contributed by atoms with Gasteiger partial charge in [-0.3, -0.25) is 0 Å². The molecule has 0 bridgehead atoms. The Labute approximate surface area is 368 Å². The molecule has 8 aromatic carbocycles. The molecule has 8 aromatic rings. The van der Waals surface area contributed by atoms with E-state index in [9.17, 15) is 0 Å². The standard InChI is InChI=1S/C57H46O6/c1-58-48-23-11-38(12-24-48)5-7-42-19-31-52-46(33-42)35-44(21-9-40-15-27-50(60-3)28-16-40)56-54(52)55-53-32-20-43(8-6-39-13-25-49(59-2)26-14-39)34-47(53)36-45(57(55)63-37-62-56)22-10-41-17-29-51(61-4)30-18-41/h5-36H,37H2,1-4H3/b7-5+,8-6+,21-9+,22-10+. The zero-order valence-electron chi connectivity index (χ0n) is 35.6. The van der Waals surface area contributed by atoms with Gasteiger partial charge in [0.05, 0.1) is 28.4 Å². The van der Waals surface area contributed by atoms with Gasteiger partial charge in [-0.15, -0.1) is 0 Å². The highest BCUT2D eigenvalue weighted by atomic mass is 16.7. The second kappa shape index (κ2) is 18.3. The van der Waals surface area contributed by atoms with E-state index in [2.05, 4.69) is 121 Å². The van der Waals surface area contributed by atoms with Crippen LogP contribution in [0.3, 0.4) is 0 Å². The quantitative estimate of drug-likeness (QED) is 0.114. The third kappa shape index (κ3) is 8.93. The third-order valence-electron chi connectivity index (χ3n) is 11.3. The van der Waals surface area contributed by atoms with E-state index in [0.29, 0.717) is 0 Å². The lowest BCUT2D eigenvalue weighted by molar-refractivity contribution is 0.124. The highest BCUT2D eigenvalue weighted by molar-refractivity contribution is 6.13. The number of methoxy groups -OCH3 is 4. The number of benzene rings is 8. The summed E-state index contributed by atoms with van der Waals surface area (Å²) >= 11 is 0. The summed E-state index contributed by atoms with van der Waals surface area (Å²) in [4.78, 5) is 0. The molecular weight excluding hydrogens is 781 g/mol. The number of hydrogen-bond acceptors (Lipinski definition) is 6. The van der Waals surface area contributed by atoms with Gasteiger partial charge in [0.25, 0.3) is 0 Å². The van der Waals surface area contributed by atoms with Crippen molar-refractivity contribution in [2.24, 2.45) is 0 Å². The zero-order valence-corrected chi connectivity index (χ0v) is 35.6. The van der Waals surface area contributed by atoms with Crippen molar-refractivity contribution in [2.75, 3.05) is 35.2 Å². The average molecular weight is 827 g/mol. The molecule has 0 amide bonds. The van der Waals surface area contributed by atoms with E-state index in [1.165, 1.54) is 0 Å². The minimum Gasteiger partial charge on any atom is -0.497 e. The third-order valence-corrected chi connectivity index (χ3v) is 11.3. The zero-order chi connectivity index (χ0) is 43.1. The van der Waals surface area contributed by atoms with Gasteiger partial charge in [-0.1, -0.05) is 121 Å². The highest BCUT2D eigenvalue weighted by Crippen LogP contribution is 2.51. The first-order valence-corrected chi connectivity index (χ1v) is 20.7. The molecule has 310 valence electrons. The molecule has 9 rings (SSSR count). The number of fused-ring (bicyclic) bond motifs is 7. The van der Waals surface area contributed by atoms with Crippen molar-refractivity contribution >= 4 is 70.2 Å². The van der Waals surface area contributed by atoms with Gasteiger partial charge < -0.3 is 28.4 Å². The highest BCUT2D eigenvalue weighted by Gasteiger charge is 2.26. The van der Waals surface area contributed by atoms with Crippen LogP contribution in [0.15, 0.2) is 146 Å². The lowest BCUT2D eigenvalue weighted by Gasteiger charge is -2.18. The Bertz CT molecular complexity index is 2820. The van der Waals surface area contributed by atoms with Crippen LogP contribution in [0.5, 0.6) is 34.5 Å². The van der Waals surface area contributed by atoms with Crippen molar-refractivity contribution in [1.29, 1.82) is 0 Å². The lowest BCUT2D eigenvalue weighted by Crippen LogP contribution is -2.05. The molecule has 6 heteroatoms. The second-order valence-corrected chi connectivity index (χ2v) is 15.1. The molecule has 0 unspecified atom stereocenters. The van der Waals surface area contributed by atoms with Crippen LogP contribution < -0.4 is 28.4 Å². The first-order chi connectivity index (χ1) is 31.0. The van der Waals surface area contributed by atoms with Gasteiger partial charge >= 0.3 is 0 Å². The molecule has 1 aliphatic heterocycles. The van der Waals surface area contributed by atoms with Crippen molar-refractivity contribution in [3.05, 3.63) is 190 Å². The Morgan fingerprint density at radius 1 is 0.333 bits per heavy atom. The van der Waals surface area contributed by atoms with Crippen LogP contribution in [0.4, 0.5) is 0 Å². The van der Waals surface area contributed by atoms with Gasteiger partial charge in [-0.05, 0) is 128 Å². The molecule has 1 aliphatic rings. The maximum absolute atomic E-state index is 6.69. The van der Waals surface area contributed by atoms with E-state index in [4.69, 9.17) is 28.4 Å². The van der Waals surface area contributed by atoms with E-state index in [1.54, 1.807) is 28.4 Å². The van der Waals surface area contributed by atoms with E-state index >= 15 is 0 Å². The van der Waals surface area contributed by atoms with Gasteiger partial charge in [0.15, 0.2) is 0 Å². The summed E-state index contributed by atoms with van der Waals surface area (Å²) in [6.45, 7) is 0.0368. The maximum Gasteiger partial charge on any atom is 0.231 e. The summed E-state index contributed by atoms with van der Waals surface area (Å²) in [5, 5.41) is 4.26. The van der Waals surface area contributed by atoms with Crippen molar-refractivity contribution in [2.45, 2.75) is 0 Å². The summed E-state index contributed by atoms with van der Waals surface area (Å²) in [5.74, 6) is 4.79. The smallest absolute Gasteiger partial charge is 0.231 e. The van der Waals surface area contributed by atoms with Crippen molar-refractivity contribution < 1.29 is 28.4 Å². The molecule has 0 aliphatic carbocycles. The molecule has 6 nitrogen and oxygen atoms in total. The van der Waals surface area contributed by atoms with Crippen LogP contribution in [0.1, 0.15) is 44.5 Å². The van der Waals surface area contributed by atoms with Gasteiger partial charge in [-0.2, -0.15) is 0 Å². The fraction of sp³-hybridized carbons (Fsp3) is 0.0877. The largest absolute Gasteiger partial charge is 0.497 e. The molecule has 0 fully saturated rings. The second-order valence-electron chi connectivity index (χ2n) is 15.1. The van der Waals surface area contributed by atoms with Crippen LogP contribution in [-0.2, 0) is 0 Å². The Morgan fingerprint density at radius 2 is 0.619 bits per heavy atom. The Balaban J connectivity index is 1.24. The van der Waals surface area contributed by atoms with E-state index in [1.807, 2.05) is 72.8 Å². The van der Waals surface area contributed by atoms with Crippen molar-refractivity contribution in [3.8, 4) is 45.6 Å². The fourth-order valence-electron chi connectivity index (χ4n) is 7.88. The molecule has 0 spiro atoms. The van der Waals surface area contributed by atoms with Crippen molar-refractivity contribution in [3.63, 3.8) is 0 Å². The molecule has 63 heavy (non-hydrogen) atoms.